The quantitative estimate of drug-likeness (QED) is 0.650. The van der Waals surface area contributed by atoms with Gasteiger partial charge in [-0.3, -0.25) is 9.59 Å². The number of nitrogens with one attached hydrogen (secondary N) is 1. The Bertz CT molecular complexity index is 843. The van der Waals surface area contributed by atoms with Crippen LogP contribution in [0.15, 0.2) is 60.7 Å². The molecule has 0 atom stereocenters. The van der Waals surface area contributed by atoms with E-state index in [0.29, 0.717) is 18.5 Å². The number of halogens is 2. The molecule has 0 aliphatic rings. The second-order valence-electron chi connectivity index (χ2n) is 6.21. The Labute approximate surface area is 168 Å². The summed E-state index contributed by atoms with van der Waals surface area (Å²) in [6, 6.07) is 13.6. The van der Waals surface area contributed by atoms with Crippen LogP contribution >= 0.6 is 11.6 Å². The van der Waals surface area contributed by atoms with Gasteiger partial charge < -0.3 is 15.0 Å². The highest BCUT2D eigenvalue weighted by atomic mass is 35.5. The molecule has 0 saturated heterocycles. The molecular weight excluding hydrogens is 383 g/mol. The molecule has 0 aliphatic heterocycles. The van der Waals surface area contributed by atoms with Crippen molar-refractivity contribution in [1.29, 1.82) is 0 Å². The lowest BCUT2D eigenvalue weighted by molar-refractivity contribution is -0.127. The summed E-state index contributed by atoms with van der Waals surface area (Å²) < 4.78 is 18.5. The Morgan fingerprint density at radius 3 is 2.61 bits per heavy atom. The van der Waals surface area contributed by atoms with Crippen molar-refractivity contribution in [3.05, 3.63) is 77.1 Å². The summed E-state index contributed by atoms with van der Waals surface area (Å²) in [4.78, 5) is 25.7. The zero-order valence-corrected chi connectivity index (χ0v) is 16.3. The monoisotopic (exact) mass is 404 g/mol. The lowest BCUT2D eigenvalue weighted by Crippen LogP contribution is -2.32. The summed E-state index contributed by atoms with van der Waals surface area (Å²) in [6.45, 7) is 4.26. The SMILES string of the molecule is C=C(CCNC(=O)COc1ccc(Cl)c(F)c1)C(=O)N(C)Cc1ccccc1. The van der Waals surface area contributed by atoms with Gasteiger partial charge in [0.05, 0.1) is 5.02 Å². The summed E-state index contributed by atoms with van der Waals surface area (Å²) in [5.74, 6) is -0.965. The summed E-state index contributed by atoms with van der Waals surface area (Å²) in [6.07, 6.45) is 0.319. The Morgan fingerprint density at radius 2 is 1.93 bits per heavy atom. The van der Waals surface area contributed by atoms with Crippen LogP contribution in [0, 0.1) is 5.82 Å². The second-order valence-corrected chi connectivity index (χ2v) is 6.62. The van der Waals surface area contributed by atoms with E-state index < -0.39 is 5.82 Å². The van der Waals surface area contributed by atoms with E-state index in [0.717, 1.165) is 11.6 Å². The molecule has 148 valence electrons. The van der Waals surface area contributed by atoms with E-state index in [9.17, 15) is 14.0 Å². The van der Waals surface area contributed by atoms with Gasteiger partial charge in [0.15, 0.2) is 6.61 Å². The topological polar surface area (TPSA) is 58.6 Å². The van der Waals surface area contributed by atoms with Gasteiger partial charge in [0.1, 0.15) is 11.6 Å². The first kappa shape index (κ1) is 21.4. The van der Waals surface area contributed by atoms with Gasteiger partial charge >= 0.3 is 0 Å². The molecule has 5 nitrogen and oxygen atoms in total. The summed E-state index contributed by atoms with van der Waals surface area (Å²) in [5.41, 5.74) is 1.43. The zero-order chi connectivity index (χ0) is 20.5. The number of likely N-dealkylation sites (N-methyl/N-ethyl adjacent to an activating group) is 1. The van der Waals surface area contributed by atoms with Gasteiger partial charge in [-0.05, 0) is 24.1 Å². The third-order valence-electron chi connectivity index (χ3n) is 3.92. The van der Waals surface area contributed by atoms with Crippen LogP contribution in [0.2, 0.25) is 5.02 Å². The van der Waals surface area contributed by atoms with Crippen molar-refractivity contribution in [2.45, 2.75) is 13.0 Å². The molecule has 7 heteroatoms. The van der Waals surface area contributed by atoms with E-state index in [1.165, 1.54) is 12.1 Å². The van der Waals surface area contributed by atoms with Gasteiger partial charge in [0.2, 0.25) is 5.91 Å². The van der Waals surface area contributed by atoms with Gasteiger partial charge in [-0.25, -0.2) is 4.39 Å². The van der Waals surface area contributed by atoms with Crippen molar-refractivity contribution < 1.29 is 18.7 Å². The number of rotatable bonds is 9. The minimum atomic E-state index is -0.617. The summed E-state index contributed by atoms with van der Waals surface area (Å²) >= 11 is 5.59. The molecule has 0 saturated carbocycles. The smallest absolute Gasteiger partial charge is 0.257 e. The summed E-state index contributed by atoms with van der Waals surface area (Å²) in [7, 11) is 1.71. The van der Waals surface area contributed by atoms with Crippen LogP contribution in [0.25, 0.3) is 0 Å². The fourth-order valence-electron chi connectivity index (χ4n) is 2.43. The van der Waals surface area contributed by atoms with E-state index in [4.69, 9.17) is 16.3 Å². The molecule has 0 bridgehead atoms. The predicted octanol–water partition coefficient (Wildman–Crippen LogP) is 3.58. The molecule has 2 aromatic rings. The van der Waals surface area contributed by atoms with Crippen LogP contribution in [0.1, 0.15) is 12.0 Å². The predicted molar refractivity (Wildman–Crippen MR) is 107 cm³/mol. The number of carbonyl (C=O) groups excluding carboxylic acids is 2. The maximum Gasteiger partial charge on any atom is 0.257 e. The van der Waals surface area contributed by atoms with Crippen molar-refractivity contribution in [3.8, 4) is 5.75 Å². The van der Waals surface area contributed by atoms with Crippen LogP contribution < -0.4 is 10.1 Å². The Balaban J connectivity index is 1.69. The van der Waals surface area contributed by atoms with Crippen molar-refractivity contribution in [3.63, 3.8) is 0 Å². The van der Waals surface area contributed by atoms with Crippen LogP contribution in [0.5, 0.6) is 5.75 Å². The molecule has 0 fully saturated rings. The zero-order valence-electron chi connectivity index (χ0n) is 15.6. The maximum absolute atomic E-state index is 13.3. The molecule has 0 unspecified atom stereocenters. The summed E-state index contributed by atoms with van der Waals surface area (Å²) in [5, 5.41) is 2.62. The Hall–Kier alpha value is -2.86. The number of hydrogen-bond donors (Lipinski definition) is 1. The van der Waals surface area contributed by atoms with Crippen LogP contribution in [0.3, 0.4) is 0 Å². The van der Waals surface area contributed by atoms with E-state index in [1.54, 1.807) is 11.9 Å². The highest BCUT2D eigenvalue weighted by molar-refractivity contribution is 6.30. The van der Waals surface area contributed by atoms with Crippen LogP contribution in [-0.2, 0) is 16.1 Å². The largest absolute Gasteiger partial charge is 0.484 e. The third-order valence-corrected chi connectivity index (χ3v) is 4.23. The van der Waals surface area contributed by atoms with Gasteiger partial charge in [0.25, 0.3) is 5.91 Å². The van der Waals surface area contributed by atoms with Crippen LogP contribution in [0.4, 0.5) is 4.39 Å². The highest BCUT2D eigenvalue weighted by Crippen LogP contribution is 2.20. The number of amides is 2. The number of ether oxygens (including phenoxy) is 1. The molecule has 0 radical (unpaired) electrons. The fraction of sp³-hybridized carbons (Fsp3) is 0.238. The van der Waals surface area contributed by atoms with Crippen molar-refractivity contribution in [2.75, 3.05) is 20.2 Å². The van der Waals surface area contributed by atoms with E-state index >= 15 is 0 Å². The van der Waals surface area contributed by atoms with Gasteiger partial charge in [-0.1, -0.05) is 48.5 Å². The molecule has 1 N–H and O–H groups in total. The molecule has 0 spiro atoms. The fourth-order valence-corrected chi connectivity index (χ4v) is 2.54. The molecule has 28 heavy (non-hydrogen) atoms. The van der Waals surface area contributed by atoms with Crippen molar-refractivity contribution in [1.82, 2.24) is 10.2 Å². The molecule has 2 rings (SSSR count). The number of nitrogens with zero attached hydrogens (tertiary/aromatic N) is 1. The Kier molecular flexibility index (Phi) is 8.02. The first-order valence-electron chi connectivity index (χ1n) is 8.68. The molecule has 0 aromatic heterocycles. The van der Waals surface area contributed by atoms with Gasteiger partial charge in [-0.2, -0.15) is 0 Å². The van der Waals surface area contributed by atoms with Gasteiger partial charge in [0, 0.05) is 31.8 Å². The molecule has 0 heterocycles. The normalized spacial score (nSPS) is 10.2. The Morgan fingerprint density at radius 1 is 1.21 bits per heavy atom. The third kappa shape index (κ3) is 6.70. The lowest BCUT2D eigenvalue weighted by Gasteiger charge is -2.18. The number of carbonyl (C=O) groups is 2. The first-order chi connectivity index (χ1) is 13.4. The second kappa shape index (κ2) is 10.5. The number of hydrogen-bond acceptors (Lipinski definition) is 3. The lowest BCUT2D eigenvalue weighted by atomic mass is 10.1. The first-order valence-corrected chi connectivity index (χ1v) is 9.06. The van der Waals surface area contributed by atoms with E-state index in [1.807, 2.05) is 30.3 Å². The van der Waals surface area contributed by atoms with Crippen molar-refractivity contribution in [2.24, 2.45) is 0 Å². The molecular formula is C21H22ClFN2O3. The van der Waals surface area contributed by atoms with Crippen LogP contribution in [-0.4, -0.2) is 36.9 Å². The van der Waals surface area contributed by atoms with E-state index in [2.05, 4.69) is 11.9 Å². The minimum absolute atomic E-state index is 0.0165. The average Bonchev–Trinajstić information content (AvgIpc) is 2.69. The van der Waals surface area contributed by atoms with Gasteiger partial charge in [-0.15, -0.1) is 0 Å². The molecule has 2 aromatic carbocycles. The molecule has 0 aliphatic carbocycles. The number of benzene rings is 2. The maximum atomic E-state index is 13.3. The highest BCUT2D eigenvalue weighted by Gasteiger charge is 2.13. The van der Waals surface area contributed by atoms with Crippen molar-refractivity contribution >= 4 is 23.4 Å². The van der Waals surface area contributed by atoms with E-state index in [-0.39, 0.29) is 35.7 Å². The standard InChI is InChI=1S/C21H22ClFN2O3/c1-15(21(27)25(2)13-16-6-4-3-5-7-16)10-11-24-20(26)14-28-17-8-9-18(22)19(23)12-17/h3-9,12H,1,10-11,13-14H2,2H3,(H,24,26). The molecule has 2 amide bonds. The average molecular weight is 405 g/mol. The minimum Gasteiger partial charge on any atom is -0.484 e.